The largest absolute Gasteiger partial charge is 0.280 e. The molecule has 1 amide bonds. The van der Waals surface area contributed by atoms with E-state index in [0.29, 0.717) is 11.4 Å². The highest BCUT2D eigenvalue weighted by molar-refractivity contribution is 5.94. The lowest BCUT2D eigenvalue weighted by molar-refractivity contribution is 0.0962. The topological polar surface area (TPSA) is 79.8 Å². The van der Waals surface area contributed by atoms with Crippen LogP contribution >= 0.6 is 0 Å². The number of nitrogens with one attached hydrogen (secondary N) is 2. The molecule has 2 heterocycles. The number of anilines is 1. The van der Waals surface area contributed by atoms with Gasteiger partial charge in [0.1, 0.15) is 0 Å². The molecule has 16 heavy (non-hydrogen) atoms. The zero-order chi connectivity index (χ0) is 11.2. The van der Waals surface area contributed by atoms with Crippen molar-refractivity contribution in [1.29, 1.82) is 0 Å². The Kier molecular flexibility index (Phi) is 3.03. The molecule has 0 radical (unpaired) electrons. The number of hydrogen-bond acceptors (Lipinski definition) is 5. The predicted octanol–water partition coefficient (Wildman–Crippen LogP) is 0.628. The summed E-state index contributed by atoms with van der Waals surface area (Å²) in [6.45, 7) is 0. The van der Waals surface area contributed by atoms with E-state index in [1.165, 1.54) is 6.20 Å². The summed E-state index contributed by atoms with van der Waals surface area (Å²) >= 11 is 0. The van der Waals surface area contributed by atoms with E-state index in [1.54, 1.807) is 36.7 Å². The number of aromatic nitrogens is 3. The molecule has 2 rings (SSSR count). The average molecular weight is 215 g/mol. The molecule has 6 nitrogen and oxygen atoms in total. The van der Waals surface area contributed by atoms with Gasteiger partial charge in [0.15, 0.2) is 5.82 Å². The summed E-state index contributed by atoms with van der Waals surface area (Å²) < 4.78 is 0. The Morgan fingerprint density at radius 3 is 2.75 bits per heavy atom. The molecule has 0 aromatic carbocycles. The fourth-order valence-electron chi connectivity index (χ4n) is 1.06. The van der Waals surface area contributed by atoms with Crippen LogP contribution in [0.4, 0.5) is 5.82 Å². The molecular weight excluding hydrogens is 206 g/mol. The third kappa shape index (κ3) is 2.50. The van der Waals surface area contributed by atoms with E-state index >= 15 is 0 Å². The van der Waals surface area contributed by atoms with Gasteiger partial charge in [0.05, 0.1) is 5.56 Å². The van der Waals surface area contributed by atoms with Crippen molar-refractivity contribution in [2.24, 2.45) is 0 Å². The van der Waals surface area contributed by atoms with Crippen LogP contribution < -0.4 is 10.9 Å². The molecule has 2 aromatic heterocycles. The van der Waals surface area contributed by atoms with Crippen molar-refractivity contribution < 1.29 is 4.79 Å². The maximum Gasteiger partial charge on any atom is 0.271 e. The Labute approximate surface area is 91.7 Å². The van der Waals surface area contributed by atoms with Crippen molar-refractivity contribution in [2.45, 2.75) is 0 Å². The predicted molar refractivity (Wildman–Crippen MR) is 57.4 cm³/mol. The van der Waals surface area contributed by atoms with Crippen LogP contribution in [0.2, 0.25) is 0 Å². The van der Waals surface area contributed by atoms with Crippen LogP contribution in [0.1, 0.15) is 10.4 Å². The molecule has 80 valence electrons. The summed E-state index contributed by atoms with van der Waals surface area (Å²) in [5.41, 5.74) is 5.60. The lowest BCUT2D eigenvalue weighted by Crippen LogP contribution is -2.29. The van der Waals surface area contributed by atoms with E-state index in [-0.39, 0.29) is 5.91 Å². The number of hydrogen-bond donors (Lipinski definition) is 2. The van der Waals surface area contributed by atoms with Gasteiger partial charge in [-0.05, 0) is 24.3 Å². The molecule has 0 unspecified atom stereocenters. The second-order valence-electron chi connectivity index (χ2n) is 2.93. The number of nitrogens with zero attached hydrogens (tertiary/aromatic N) is 3. The molecule has 0 fully saturated rings. The third-order valence-corrected chi connectivity index (χ3v) is 1.80. The number of amides is 1. The van der Waals surface area contributed by atoms with Crippen molar-refractivity contribution in [2.75, 3.05) is 5.43 Å². The Hall–Kier alpha value is -2.50. The van der Waals surface area contributed by atoms with E-state index < -0.39 is 0 Å². The van der Waals surface area contributed by atoms with Gasteiger partial charge in [0, 0.05) is 18.6 Å². The fraction of sp³-hybridized carbons (Fsp3) is 0. The molecule has 0 atom stereocenters. The molecule has 0 saturated carbocycles. The quantitative estimate of drug-likeness (QED) is 0.734. The van der Waals surface area contributed by atoms with Gasteiger partial charge >= 0.3 is 0 Å². The molecule has 0 aliphatic rings. The summed E-state index contributed by atoms with van der Waals surface area (Å²) in [6, 6.07) is 6.76. The van der Waals surface area contributed by atoms with Crippen LogP contribution in [0.15, 0.2) is 42.9 Å². The van der Waals surface area contributed by atoms with Gasteiger partial charge in [-0.25, -0.2) is 0 Å². The smallest absolute Gasteiger partial charge is 0.271 e. The SMILES string of the molecule is O=C(NNc1cccnn1)c1cccnc1. The Bertz CT molecular complexity index is 459. The first-order chi connectivity index (χ1) is 7.86. The second-order valence-corrected chi connectivity index (χ2v) is 2.93. The van der Waals surface area contributed by atoms with Gasteiger partial charge in [0.25, 0.3) is 5.91 Å². The van der Waals surface area contributed by atoms with Crippen LogP contribution in [0.5, 0.6) is 0 Å². The van der Waals surface area contributed by atoms with Crippen molar-refractivity contribution in [1.82, 2.24) is 20.6 Å². The molecule has 2 N–H and O–H groups in total. The first-order valence-corrected chi connectivity index (χ1v) is 4.60. The van der Waals surface area contributed by atoms with Crippen LogP contribution in [-0.4, -0.2) is 21.1 Å². The normalized spacial score (nSPS) is 9.50. The minimum absolute atomic E-state index is 0.279. The van der Waals surface area contributed by atoms with Crippen LogP contribution in [0.3, 0.4) is 0 Å². The van der Waals surface area contributed by atoms with E-state index in [1.807, 2.05) is 0 Å². The number of hydrazine groups is 1. The van der Waals surface area contributed by atoms with Crippen molar-refractivity contribution >= 4 is 11.7 Å². The minimum Gasteiger partial charge on any atom is -0.280 e. The van der Waals surface area contributed by atoms with Crippen molar-refractivity contribution in [3.05, 3.63) is 48.4 Å². The van der Waals surface area contributed by atoms with Crippen LogP contribution in [0, 0.1) is 0 Å². The van der Waals surface area contributed by atoms with Gasteiger partial charge < -0.3 is 0 Å². The summed E-state index contributed by atoms with van der Waals surface area (Å²) in [5.74, 6) is 0.193. The molecule has 0 aliphatic heterocycles. The highest BCUT2D eigenvalue weighted by atomic mass is 16.2. The fourth-order valence-corrected chi connectivity index (χ4v) is 1.06. The standard InChI is InChI=1S/C10H9N5O/c16-10(8-3-1-5-11-7-8)15-14-9-4-2-6-12-13-9/h1-7H,(H,13,14)(H,15,16). The monoisotopic (exact) mass is 215 g/mol. The number of carbonyl (C=O) groups excluding carboxylic acids is 1. The maximum atomic E-state index is 11.6. The summed E-state index contributed by atoms with van der Waals surface area (Å²) in [6.07, 6.45) is 4.63. The zero-order valence-corrected chi connectivity index (χ0v) is 8.29. The van der Waals surface area contributed by atoms with E-state index in [9.17, 15) is 4.79 Å². The van der Waals surface area contributed by atoms with Gasteiger partial charge in [-0.1, -0.05) is 0 Å². The number of carbonyl (C=O) groups is 1. The van der Waals surface area contributed by atoms with Gasteiger partial charge in [0.2, 0.25) is 0 Å². The van der Waals surface area contributed by atoms with E-state index in [4.69, 9.17) is 0 Å². The van der Waals surface area contributed by atoms with E-state index in [2.05, 4.69) is 26.0 Å². The summed E-state index contributed by atoms with van der Waals surface area (Å²) in [5, 5.41) is 7.41. The van der Waals surface area contributed by atoms with E-state index in [0.717, 1.165) is 0 Å². The van der Waals surface area contributed by atoms with Gasteiger partial charge in [-0.15, -0.1) is 5.10 Å². The highest BCUT2D eigenvalue weighted by Gasteiger charge is 2.03. The Balaban J connectivity index is 1.95. The van der Waals surface area contributed by atoms with Crippen LogP contribution in [0.25, 0.3) is 0 Å². The molecule has 0 spiro atoms. The van der Waals surface area contributed by atoms with Crippen molar-refractivity contribution in [3.63, 3.8) is 0 Å². The molecular formula is C10H9N5O. The summed E-state index contributed by atoms with van der Waals surface area (Å²) in [7, 11) is 0. The molecule has 6 heteroatoms. The summed E-state index contributed by atoms with van der Waals surface area (Å²) in [4.78, 5) is 15.4. The molecule has 2 aromatic rings. The molecule has 0 saturated heterocycles. The number of pyridine rings is 1. The second kappa shape index (κ2) is 4.83. The van der Waals surface area contributed by atoms with Gasteiger partial charge in [-0.3, -0.25) is 20.6 Å². The van der Waals surface area contributed by atoms with Gasteiger partial charge in [-0.2, -0.15) is 5.10 Å². The third-order valence-electron chi connectivity index (χ3n) is 1.80. The first kappa shape index (κ1) is 10.0. The highest BCUT2D eigenvalue weighted by Crippen LogP contribution is 1.97. The number of rotatable bonds is 3. The molecule has 0 bridgehead atoms. The van der Waals surface area contributed by atoms with Crippen LogP contribution in [-0.2, 0) is 0 Å². The van der Waals surface area contributed by atoms with Crippen molar-refractivity contribution in [3.8, 4) is 0 Å². The molecule has 0 aliphatic carbocycles. The average Bonchev–Trinajstić information content (AvgIpc) is 2.38. The first-order valence-electron chi connectivity index (χ1n) is 4.60. The Morgan fingerprint density at radius 2 is 2.06 bits per heavy atom. The lowest BCUT2D eigenvalue weighted by Gasteiger charge is -2.05. The minimum atomic E-state index is -0.279. The Morgan fingerprint density at radius 1 is 1.19 bits per heavy atom. The lowest BCUT2D eigenvalue weighted by atomic mass is 10.3. The zero-order valence-electron chi connectivity index (χ0n) is 8.29. The maximum absolute atomic E-state index is 11.6.